The van der Waals surface area contributed by atoms with Crippen LogP contribution in [0.1, 0.15) is 11.5 Å². The predicted molar refractivity (Wildman–Crippen MR) is 81.8 cm³/mol. The fraction of sp³-hybridized carbons (Fsp3) is 0. The third-order valence-corrected chi connectivity index (χ3v) is 2.97. The zero-order chi connectivity index (χ0) is 15.4. The van der Waals surface area contributed by atoms with E-state index < -0.39 is 4.92 Å². The van der Waals surface area contributed by atoms with Crippen molar-refractivity contribution >= 4 is 17.8 Å². The summed E-state index contributed by atoms with van der Waals surface area (Å²) >= 11 is 0. The van der Waals surface area contributed by atoms with Crippen LogP contribution in [-0.2, 0) is 0 Å². The molecule has 2 aromatic carbocycles. The second-order valence-corrected chi connectivity index (χ2v) is 4.51. The molecular formula is C16H11N3O3. The largest absolute Gasteiger partial charge is 0.334 e. The van der Waals surface area contributed by atoms with E-state index >= 15 is 0 Å². The molecule has 0 aliphatic rings. The first-order valence-electron chi connectivity index (χ1n) is 6.54. The van der Waals surface area contributed by atoms with E-state index in [1.807, 2.05) is 36.4 Å². The van der Waals surface area contributed by atoms with Crippen molar-refractivity contribution in [3.05, 3.63) is 76.2 Å². The van der Waals surface area contributed by atoms with E-state index in [0.29, 0.717) is 17.3 Å². The van der Waals surface area contributed by atoms with Crippen LogP contribution < -0.4 is 0 Å². The average Bonchev–Trinajstić information content (AvgIpc) is 3.03. The van der Waals surface area contributed by atoms with Crippen LogP contribution in [0.5, 0.6) is 0 Å². The Labute approximate surface area is 125 Å². The Hall–Kier alpha value is -3.28. The highest BCUT2D eigenvalue weighted by Crippen LogP contribution is 2.21. The fourth-order valence-electron chi connectivity index (χ4n) is 1.91. The summed E-state index contributed by atoms with van der Waals surface area (Å²) in [5, 5.41) is 14.6. The average molecular weight is 293 g/mol. The van der Waals surface area contributed by atoms with Crippen molar-refractivity contribution in [3.8, 4) is 11.4 Å². The van der Waals surface area contributed by atoms with Gasteiger partial charge in [-0.15, -0.1) is 0 Å². The number of nitrogens with zero attached hydrogens (tertiary/aromatic N) is 3. The van der Waals surface area contributed by atoms with E-state index in [-0.39, 0.29) is 5.69 Å². The molecule has 3 aromatic rings. The molecule has 0 N–H and O–H groups in total. The van der Waals surface area contributed by atoms with Gasteiger partial charge in [-0.3, -0.25) is 10.1 Å². The van der Waals surface area contributed by atoms with Crippen LogP contribution in [0.2, 0.25) is 0 Å². The van der Waals surface area contributed by atoms with Crippen molar-refractivity contribution in [3.63, 3.8) is 0 Å². The SMILES string of the molecule is O=[N+]([O-])c1cccc(-c2noc(/C=C/c3ccccc3)n2)c1. The third-order valence-electron chi connectivity index (χ3n) is 2.97. The van der Waals surface area contributed by atoms with E-state index in [9.17, 15) is 10.1 Å². The highest BCUT2D eigenvalue weighted by molar-refractivity contribution is 5.67. The molecule has 0 saturated carbocycles. The maximum absolute atomic E-state index is 10.8. The van der Waals surface area contributed by atoms with Crippen LogP contribution >= 0.6 is 0 Å². The number of nitro benzene ring substituents is 1. The lowest BCUT2D eigenvalue weighted by molar-refractivity contribution is -0.384. The van der Waals surface area contributed by atoms with Crippen molar-refractivity contribution < 1.29 is 9.45 Å². The van der Waals surface area contributed by atoms with E-state index in [4.69, 9.17) is 4.52 Å². The molecule has 1 heterocycles. The second-order valence-electron chi connectivity index (χ2n) is 4.51. The fourth-order valence-corrected chi connectivity index (χ4v) is 1.91. The molecule has 0 atom stereocenters. The highest BCUT2D eigenvalue weighted by Gasteiger charge is 2.11. The smallest absolute Gasteiger partial charge is 0.270 e. The lowest BCUT2D eigenvalue weighted by Crippen LogP contribution is -1.88. The number of non-ortho nitro benzene ring substituents is 1. The summed E-state index contributed by atoms with van der Waals surface area (Å²) in [4.78, 5) is 14.5. The summed E-state index contributed by atoms with van der Waals surface area (Å²) in [6, 6.07) is 15.8. The molecule has 1 aromatic heterocycles. The summed E-state index contributed by atoms with van der Waals surface area (Å²) in [5.74, 6) is 0.654. The third kappa shape index (κ3) is 3.06. The van der Waals surface area contributed by atoms with Crippen LogP contribution in [0.25, 0.3) is 23.5 Å². The van der Waals surface area contributed by atoms with Crippen molar-refractivity contribution in [1.82, 2.24) is 10.1 Å². The Morgan fingerprint density at radius 2 is 1.86 bits per heavy atom. The van der Waals surface area contributed by atoms with Crippen LogP contribution in [0, 0.1) is 10.1 Å². The lowest BCUT2D eigenvalue weighted by atomic mass is 10.2. The summed E-state index contributed by atoms with van der Waals surface area (Å²) in [7, 11) is 0. The molecule has 108 valence electrons. The molecule has 0 radical (unpaired) electrons. The van der Waals surface area contributed by atoms with Crippen LogP contribution in [0.4, 0.5) is 5.69 Å². The minimum absolute atomic E-state index is 0.0105. The normalized spacial score (nSPS) is 10.9. The Balaban J connectivity index is 1.83. The molecule has 0 amide bonds. The van der Waals surface area contributed by atoms with Crippen molar-refractivity contribution in [2.24, 2.45) is 0 Å². The monoisotopic (exact) mass is 293 g/mol. The molecule has 3 rings (SSSR count). The molecule has 0 bridgehead atoms. The van der Waals surface area contributed by atoms with Crippen LogP contribution in [-0.4, -0.2) is 15.1 Å². The Bertz CT molecular complexity index is 825. The minimum Gasteiger partial charge on any atom is -0.334 e. The standard InChI is InChI=1S/C16H11N3O3/c20-19(21)14-8-4-7-13(11-14)16-17-15(22-18-16)10-9-12-5-2-1-3-6-12/h1-11H/b10-9+. The summed E-state index contributed by atoms with van der Waals surface area (Å²) < 4.78 is 5.12. The van der Waals surface area contributed by atoms with Gasteiger partial charge in [0, 0.05) is 23.8 Å². The molecule has 0 fully saturated rings. The van der Waals surface area contributed by atoms with Crippen molar-refractivity contribution in [1.29, 1.82) is 0 Å². The highest BCUT2D eigenvalue weighted by atomic mass is 16.6. The first-order valence-corrected chi connectivity index (χ1v) is 6.54. The first kappa shape index (κ1) is 13.7. The van der Waals surface area contributed by atoms with Gasteiger partial charge in [0.25, 0.3) is 11.6 Å². The molecule has 0 aliphatic heterocycles. The number of rotatable bonds is 4. The number of aromatic nitrogens is 2. The Morgan fingerprint density at radius 3 is 2.64 bits per heavy atom. The zero-order valence-electron chi connectivity index (χ0n) is 11.4. The molecule has 6 nitrogen and oxygen atoms in total. The molecule has 0 spiro atoms. The van der Waals surface area contributed by atoms with Gasteiger partial charge in [0.2, 0.25) is 5.82 Å². The molecule has 22 heavy (non-hydrogen) atoms. The van der Waals surface area contributed by atoms with E-state index in [1.165, 1.54) is 12.1 Å². The summed E-state index contributed by atoms with van der Waals surface area (Å²) in [5.41, 5.74) is 1.54. The van der Waals surface area contributed by atoms with Crippen LogP contribution in [0.15, 0.2) is 59.1 Å². The maximum Gasteiger partial charge on any atom is 0.270 e. The van der Waals surface area contributed by atoms with Gasteiger partial charge in [-0.2, -0.15) is 4.98 Å². The molecule has 0 saturated heterocycles. The molecular weight excluding hydrogens is 282 g/mol. The van der Waals surface area contributed by atoms with Gasteiger partial charge in [0.05, 0.1) is 4.92 Å². The summed E-state index contributed by atoms with van der Waals surface area (Å²) in [6.07, 6.45) is 3.55. The Morgan fingerprint density at radius 1 is 1.05 bits per heavy atom. The molecule has 0 unspecified atom stereocenters. The van der Waals surface area contributed by atoms with E-state index in [0.717, 1.165) is 5.56 Å². The number of hydrogen-bond acceptors (Lipinski definition) is 5. The van der Waals surface area contributed by atoms with Crippen molar-refractivity contribution in [2.75, 3.05) is 0 Å². The van der Waals surface area contributed by atoms with Gasteiger partial charge in [-0.1, -0.05) is 47.6 Å². The second kappa shape index (κ2) is 6.01. The quantitative estimate of drug-likeness (QED) is 0.539. The zero-order valence-corrected chi connectivity index (χ0v) is 11.4. The topological polar surface area (TPSA) is 82.1 Å². The van der Waals surface area contributed by atoms with Crippen LogP contribution in [0.3, 0.4) is 0 Å². The maximum atomic E-state index is 10.8. The van der Waals surface area contributed by atoms with Gasteiger partial charge in [0.1, 0.15) is 0 Å². The lowest BCUT2D eigenvalue weighted by Gasteiger charge is -1.94. The van der Waals surface area contributed by atoms with Crippen molar-refractivity contribution in [2.45, 2.75) is 0 Å². The van der Waals surface area contributed by atoms with Gasteiger partial charge < -0.3 is 4.52 Å². The minimum atomic E-state index is -0.459. The number of benzene rings is 2. The molecule has 0 aliphatic carbocycles. The molecule has 6 heteroatoms. The summed E-state index contributed by atoms with van der Waals surface area (Å²) in [6.45, 7) is 0. The van der Waals surface area contributed by atoms with E-state index in [1.54, 1.807) is 18.2 Å². The van der Waals surface area contributed by atoms with Gasteiger partial charge in [-0.25, -0.2) is 0 Å². The van der Waals surface area contributed by atoms with Gasteiger partial charge in [-0.05, 0) is 11.6 Å². The van der Waals surface area contributed by atoms with E-state index in [2.05, 4.69) is 10.1 Å². The number of hydrogen-bond donors (Lipinski definition) is 0. The predicted octanol–water partition coefficient (Wildman–Crippen LogP) is 3.82. The number of nitro groups is 1. The first-order chi connectivity index (χ1) is 10.7. The Kier molecular flexibility index (Phi) is 3.74. The van der Waals surface area contributed by atoms with Gasteiger partial charge >= 0.3 is 0 Å². The van der Waals surface area contributed by atoms with Gasteiger partial charge in [0.15, 0.2) is 0 Å².